The minimum atomic E-state index is -0.885. The van der Waals surface area contributed by atoms with Crippen LogP contribution in [0.5, 0.6) is 0 Å². The van der Waals surface area contributed by atoms with Crippen molar-refractivity contribution in [3.63, 3.8) is 0 Å². The summed E-state index contributed by atoms with van der Waals surface area (Å²) in [6.07, 6.45) is -0.885. The smallest absolute Gasteiger partial charge is 0.128 e. The summed E-state index contributed by atoms with van der Waals surface area (Å²) < 4.78 is 5.30. The van der Waals surface area contributed by atoms with E-state index in [2.05, 4.69) is 11.0 Å². The Hall–Kier alpha value is -0.940. The van der Waals surface area contributed by atoms with Crippen LogP contribution in [0.4, 0.5) is 0 Å². The van der Waals surface area contributed by atoms with Gasteiger partial charge in [-0.15, -0.1) is 0 Å². The maximum Gasteiger partial charge on any atom is 0.128 e. The highest BCUT2D eigenvalue weighted by Crippen LogP contribution is 2.12. The number of benzene rings is 1. The van der Waals surface area contributed by atoms with E-state index in [1.165, 1.54) is 5.56 Å². The lowest BCUT2D eigenvalue weighted by Crippen LogP contribution is -2.35. The van der Waals surface area contributed by atoms with Crippen LogP contribution in [0.3, 0.4) is 0 Å². The molecule has 1 atom stereocenters. The molecular formula is C12H18N2O2. The summed E-state index contributed by atoms with van der Waals surface area (Å²) in [6.45, 7) is 4.44. The molecule has 2 rings (SSSR count). The molecule has 0 radical (unpaired) electrons. The standard InChI is InChI=1S/C12H18N2O2/c13-12(15)11-3-1-2-10(8-11)9-14-4-6-16-7-5-14/h1-3,8,12,15H,4-7,9,13H2/t12-/m0/s1. The van der Waals surface area contributed by atoms with E-state index in [1.54, 1.807) is 0 Å². The molecule has 0 aromatic heterocycles. The van der Waals surface area contributed by atoms with Crippen LogP contribution in [-0.2, 0) is 11.3 Å². The Morgan fingerprint density at radius 1 is 1.38 bits per heavy atom. The Bertz CT molecular complexity index is 336. The Kier molecular flexibility index (Phi) is 3.90. The van der Waals surface area contributed by atoms with Crippen molar-refractivity contribution >= 4 is 0 Å². The van der Waals surface area contributed by atoms with Crippen LogP contribution in [0.25, 0.3) is 0 Å². The average molecular weight is 222 g/mol. The summed E-state index contributed by atoms with van der Waals surface area (Å²) in [6, 6.07) is 7.79. The summed E-state index contributed by atoms with van der Waals surface area (Å²) in [4.78, 5) is 2.34. The molecule has 0 saturated carbocycles. The first-order chi connectivity index (χ1) is 7.75. The van der Waals surface area contributed by atoms with Gasteiger partial charge in [0.25, 0.3) is 0 Å². The number of nitrogens with two attached hydrogens (primary N) is 1. The SMILES string of the molecule is N[C@@H](O)c1cccc(CN2CCOCC2)c1. The third-order valence-corrected chi connectivity index (χ3v) is 2.80. The first kappa shape index (κ1) is 11.5. The molecule has 0 aliphatic carbocycles. The molecule has 1 aromatic rings. The van der Waals surface area contributed by atoms with E-state index in [9.17, 15) is 5.11 Å². The van der Waals surface area contributed by atoms with Crippen molar-refractivity contribution in [1.82, 2.24) is 4.90 Å². The van der Waals surface area contributed by atoms with E-state index in [-0.39, 0.29) is 0 Å². The fourth-order valence-electron chi connectivity index (χ4n) is 1.89. The van der Waals surface area contributed by atoms with Crippen LogP contribution >= 0.6 is 0 Å². The molecule has 0 spiro atoms. The van der Waals surface area contributed by atoms with E-state index >= 15 is 0 Å². The quantitative estimate of drug-likeness (QED) is 0.730. The van der Waals surface area contributed by atoms with Crippen LogP contribution in [0.1, 0.15) is 17.4 Å². The third kappa shape index (κ3) is 3.02. The van der Waals surface area contributed by atoms with Gasteiger partial charge in [0.15, 0.2) is 0 Å². The Morgan fingerprint density at radius 2 is 2.12 bits per heavy atom. The topological polar surface area (TPSA) is 58.7 Å². The zero-order valence-corrected chi connectivity index (χ0v) is 9.30. The zero-order chi connectivity index (χ0) is 11.4. The Morgan fingerprint density at radius 3 is 2.81 bits per heavy atom. The second-order valence-corrected chi connectivity index (χ2v) is 4.08. The fraction of sp³-hybridized carbons (Fsp3) is 0.500. The summed E-state index contributed by atoms with van der Waals surface area (Å²) in [5, 5.41) is 9.30. The van der Waals surface area contributed by atoms with E-state index < -0.39 is 6.23 Å². The zero-order valence-electron chi connectivity index (χ0n) is 9.30. The summed E-state index contributed by atoms with van der Waals surface area (Å²) in [7, 11) is 0. The largest absolute Gasteiger partial charge is 0.379 e. The van der Waals surface area contributed by atoms with E-state index in [0.717, 1.165) is 38.4 Å². The second kappa shape index (κ2) is 5.41. The van der Waals surface area contributed by atoms with E-state index in [4.69, 9.17) is 10.5 Å². The van der Waals surface area contributed by atoms with Gasteiger partial charge in [-0.1, -0.05) is 24.3 Å². The molecule has 1 saturated heterocycles. The lowest BCUT2D eigenvalue weighted by Gasteiger charge is -2.26. The van der Waals surface area contributed by atoms with Gasteiger partial charge < -0.3 is 15.6 Å². The third-order valence-electron chi connectivity index (χ3n) is 2.80. The predicted molar refractivity (Wildman–Crippen MR) is 61.7 cm³/mol. The predicted octanol–water partition coefficient (Wildman–Crippen LogP) is 0.468. The molecule has 3 N–H and O–H groups in total. The molecule has 4 nitrogen and oxygen atoms in total. The number of rotatable bonds is 3. The van der Waals surface area contributed by atoms with Crippen molar-refractivity contribution in [3.8, 4) is 0 Å². The Labute approximate surface area is 95.6 Å². The average Bonchev–Trinajstić information content (AvgIpc) is 2.30. The van der Waals surface area contributed by atoms with Crippen LogP contribution in [0.2, 0.25) is 0 Å². The van der Waals surface area contributed by atoms with Gasteiger partial charge in [0.05, 0.1) is 13.2 Å². The maximum absolute atomic E-state index is 9.30. The van der Waals surface area contributed by atoms with Crippen molar-refractivity contribution in [2.45, 2.75) is 12.8 Å². The van der Waals surface area contributed by atoms with Crippen LogP contribution < -0.4 is 5.73 Å². The van der Waals surface area contributed by atoms with Crippen LogP contribution in [0, 0.1) is 0 Å². The number of ether oxygens (including phenoxy) is 1. The molecule has 1 aromatic carbocycles. The van der Waals surface area contributed by atoms with Crippen molar-refractivity contribution in [1.29, 1.82) is 0 Å². The number of nitrogens with zero attached hydrogens (tertiary/aromatic N) is 1. The van der Waals surface area contributed by atoms with Crippen LogP contribution in [0.15, 0.2) is 24.3 Å². The lowest BCUT2D eigenvalue weighted by molar-refractivity contribution is 0.0341. The summed E-state index contributed by atoms with van der Waals surface area (Å²) in [5.41, 5.74) is 7.39. The Balaban J connectivity index is 2.00. The van der Waals surface area contributed by atoms with Gasteiger partial charge >= 0.3 is 0 Å². The highest BCUT2D eigenvalue weighted by atomic mass is 16.5. The highest BCUT2D eigenvalue weighted by Gasteiger charge is 2.11. The second-order valence-electron chi connectivity index (χ2n) is 4.08. The molecule has 88 valence electrons. The van der Waals surface area contributed by atoms with Crippen molar-refractivity contribution in [2.75, 3.05) is 26.3 Å². The number of aliphatic hydroxyl groups is 1. The normalized spacial score (nSPS) is 19.6. The molecule has 0 unspecified atom stereocenters. The minimum absolute atomic E-state index is 0.769. The first-order valence-corrected chi connectivity index (χ1v) is 5.58. The number of aliphatic hydroxyl groups excluding tert-OH is 1. The monoisotopic (exact) mass is 222 g/mol. The number of hydrogen-bond acceptors (Lipinski definition) is 4. The molecule has 1 aliphatic heterocycles. The van der Waals surface area contributed by atoms with Gasteiger partial charge in [0, 0.05) is 19.6 Å². The van der Waals surface area contributed by atoms with Gasteiger partial charge in [-0.25, -0.2) is 0 Å². The highest BCUT2D eigenvalue weighted by molar-refractivity contribution is 5.24. The molecule has 1 fully saturated rings. The van der Waals surface area contributed by atoms with Crippen molar-refractivity contribution < 1.29 is 9.84 Å². The van der Waals surface area contributed by atoms with Crippen LogP contribution in [-0.4, -0.2) is 36.3 Å². The number of morpholine rings is 1. The van der Waals surface area contributed by atoms with Gasteiger partial charge in [-0.3, -0.25) is 4.90 Å². The number of hydrogen-bond donors (Lipinski definition) is 2. The van der Waals surface area contributed by atoms with Gasteiger partial charge in [0.1, 0.15) is 6.23 Å². The minimum Gasteiger partial charge on any atom is -0.379 e. The molecule has 4 heteroatoms. The molecule has 0 amide bonds. The molecule has 16 heavy (non-hydrogen) atoms. The van der Waals surface area contributed by atoms with Gasteiger partial charge in [-0.05, 0) is 11.1 Å². The molecular weight excluding hydrogens is 204 g/mol. The first-order valence-electron chi connectivity index (χ1n) is 5.58. The van der Waals surface area contributed by atoms with E-state index in [0.29, 0.717) is 0 Å². The van der Waals surface area contributed by atoms with Crippen molar-refractivity contribution in [2.24, 2.45) is 5.73 Å². The fourth-order valence-corrected chi connectivity index (χ4v) is 1.89. The van der Waals surface area contributed by atoms with Gasteiger partial charge in [-0.2, -0.15) is 0 Å². The molecule has 1 aliphatic rings. The van der Waals surface area contributed by atoms with E-state index in [1.807, 2.05) is 18.2 Å². The van der Waals surface area contributed by atoms with Crippen molar-refractivity contribution in [3.05, 3.63) is 35.4 Å². The maximum atomic E-state index is 9.30. The summed E-state index contributed by atoms with van der Waals surface area (Å²) >= 11 is 0. The lowest BCUT2D eigenvalue weighted by atomic mass is 10.1. The summed E-state index contributed by atoms with van der Waals surface area (Å²) in [5.74, 6) is 0. The van der Waals surface area contributed by atoms with Gasteiger partial charge in [0.2, 0.25) is 0 Å². The molecule has 0 bridgehead atoms. The molecule has 1 heterocycles.